The van der Waals surface area contributed by atoms with Crippen molar-refractivity contribution >= 4 is 17.3 Å². The highest BCUT2D eigenvalue weighted by molar-refractivity contribution is 6.20. The molecule has 0 aromatic heterocycles. The SMILES string of the molecule is CC(Cl)Cc1ccc([N+](=O)[O-])cc1. The van der Waals surface area contributed by atoms with Gasteiger partial charge in [0, 0.05) is 17.5 Å². The molecule has 0 amide bonds. The van der Waals surface area contributed by atoms with Crippen molar-refractivity contribution in [3.8, 4) is 0 Å². The number of alkyl halides is 1. The fourth-order valence-corrected chi connectivity index (χ4v) is 1.26. The van der Waals surface area contributed by atoms with Crippen molar-refractivity contribution < 1.29 is 4.92 Å². The molecule has 0 saturated carbocycles. The van der Waals surface area contributed by atoms with Gasteiger partial charge in [0.15, 0.2) is 0 Å². The first-order valence-electron chi connectivity index (χ1n) is 3.97. The molecule has 1 rings (SSSR count). The van der Waals surface area contributed by atoms with E-state index < -0.39 is 4.92 Å². The van der Waals surface area contributed by atoms with Crippen molar-refractivity contribution in [2.45, 2.75) is 18.7 Å². The highest BCUT2D eigenvalue weighted by atomic mass is 35.5. The topological polar surface area (TPSA) is 43.1 Å². The fourth-order valence-electron chi connectivity index (χ4n) is 1.08. The van der Waals surface area contributed by atoms with Crippen LogP contribution >= 0.6 is 11.6 Å². The second-order valence-electron chi connectivity index (χ2n) is 2.91. The highest BCUT2D eigenvalue weighted by Crippen LogP contribution is 2.14. The van der Waals surface area contributed by atoms with E-state index in [0.29, 0.717) is 0 Å². The van der Waals surface area contributed by atoms with Crippen LogP contribution in [0.1, 0.15) is 12.5 Å². The monoisotopic (exact) mass is 199 g/mol. The summed E-state index contributed by atoms with van der Waals surface area (Å²) in [6, 6.07) is 6.46. The molecule has 0 spiro atoms. The van der Waals surface area contributed by atoms with Gasteiger partial charge in [0.2, 0.25) is 0 Å². The summed E-state index contributed by atoms with van der Waals surface area (Å²) >= 11 is 5.78. The predicted molar refractivity (Wildman–Crippen MR) is 52.1 cm³/mol. The maximum Gasteiger partial charge on any atom is 0.269 e. The van der Waals surface area contributed by atoms with E-state index in [9.17, 15) is 10.1 Å². The maximum atomic E-state index is 10.3. The van der Waals surface area contributed by atoms with Crippen LogP contribution in [-0.4, -0.2) is 10.3 Å². The Balaban J connectivity index is 2.75. The summed E-state index contributed by atoms with van der Waals surface area (Å²) in [5.74, 6) is 0. The average molecular weight is 200 g/mol. The quantitative estimate of drug-likeness (QED) is 0.427. The number of benzene rings is 1. The lowest BCUT2D eigenvalue weighted by Gasteiger charge is -2.01. The van der Waals surface area contributed by atoms with E-state index >= 15 is 0 Å². The molecular weight excluding hydrogens is 190 g/mol. The van der Waals surface area contributed by atoms with E-state index in [0.717, 1.165) is 12.0 Å². The zero-order chi connectivity index (χ0) is 9.84. The summed E-state index contributed by atoms with van der Waals surface area (Å²) in [6.07, 6.45) is 0.736. The van der Waals surface area contributed by atoms with Crippen LogP contribution in [0, 0.1) is 10.1 Å². The Bertz CT molecular complexity index is 295. The minimum Gasteiger partial charge on any atom is -0.258 e. The lowest BCUT2D eigenvalue weighted by molar-refractivity contribution is -0.384. The molecule has 0 aliphatic carbocycles. The van der Waals surface area contributed by atoms with E-state index in [4.69, 9.17) is 11.6 Å². The van der Waals surface area contributed by atoms with Crippen LogP contribution in [0.2, 0.25) is 0 Å². The zero-order valence-electron chi connectivity index (χ0n) is 7.24. The molecule has 0 heterocycles. The van der Waals surface area contributed by atoms with Gasteiger partial charge in [-0.15, -0.1) is 11.6 Å². The number of halogens is 1. The maximum absolute atomic E-state index is 10.3. The van der Waals surface area contributed by atoms with Crippen molar-refractivity contribution in [3.05, 3.63) is 39.9 Å². The third-order valence-electron chi connectivity index (χ3n) is 1.66. The molecule has 0 saturated heterocycles. The van der Waals surface area contributed by atoms with Crippen molar-refractivity contribution in [1.29, 1.82) is 0 Å². The van der Waals surface area contributed by atoms with Crippen LogP contribution in [0.5, 0.6) is 0 Å². The molecule has 4 heteroatoms. The number of hydrogen-bond donors (Lipinski definition) is 0. The van der Waals surface area contributed by atoms with Gasteiger partial charge in [-0.05, 0) is 18.9 Å². The van der Waals surface area contributed by atoms with Gasteiger partial charge in [0.1, 0.15) is 0 Å². The van der Waals surface area contributed by atoms with Gasteiger partial charge in [0.05, 0.1) is 4.92 Å². The molecular formula is C9H10ClNO2. The smallest absolute Gasteiger partial charge is 0.258 e. The largest absolute Gasteiger partial charge is 0.269 e. The van der Waals surface area contributed by atoms with Gasteiger partial charge in [-0.1, -0.05) is 12.1 Å². The first-order valence-corrected chi connectivity index (χ1v) is 4.40. The minimum absolute atomic E-state index is 0.0569. The number of nitro benzene ring substituents is 1. The zero-order valence-corrected chi connectivity index (χ0v) is 7.99. The van der Waals surface area contributed by atoms with Gasteiger partial charge >= 0.3 is 0 Å². The Morgan fingerprint density at radius 2 is 2.00 bits per heavy atom. The molecule has 1 unspecified atom stereocenters. The molecule has 0 fully saturated rings. The fraction of sp³-hybridized carbons (Fsp3) is 0.333. The first kappa shape index (κ1) is 9.99. The summed E-state index contributed by atoms with van der Waals surface area (Å²) in [4.78, 5) is 9.91. The van der Waals surface area contributed by atoms with Crippen LogP contribution in [0.15, 0.2) is 24.3 Å². The van der Waals surface area contributed by atoms with E-state index in [1.807, 2.05) is 6.92 Å². The van der Waals surface area contributed by atoms with Crippen molar-refractivity contribution in [2.24, 2.45) is 0 Å². The van der Waals surface area contributed by atoms with Crippen LogP contribution in [0.4, 0.5) is 5.69 Å². The molecule has 0 radical (unpaired) electrons. The van der Waals surface area contributed by atoms with E-state index in [2.05, 4.69) is 0 Å². The number of non-ortho nitro benzene ring substituents is 1. The molecule has 1 aromatic rings. The Kier molecular flexibility index (Phi) is 3.25. The van der Waals surface area contributed by atoms with Crippen LogP contribution in [-0.2, 0) is 6.42 Å². The molecule has 0 aliphatic rings. The van der Waals surface area contributed by atoms with Gasteiger partial charge < -0.3 is 0 Å². The molecule has 0 aliphatic heterocycles. The second-order valence-corrected chi connectivity index (χ2v) is 3.65. The number of hydrogen-bond acceptors (Lipinski definition) is 2. The van der Waals surface area contributed by atoms with Crippen LogP contribution < -0.4 is 0 Å². The Morgan fingerprint density at radius 3 is 2.38 bits per heavy atom. The number of nitro groups is 1. The Hall–Kier alpha value is -1.09. The lowest BCUT2D eigenvalue weighted by Crippen LogP contribution is -1.97. The molecule has 0 N–H and O–H groups in total. The van der Waals surface area contributed by atoms with Gasteiger partial charge in [-0.2, -0.15) is 0 Å². The molecule has 70 valence electrons. The van der Waals surface area contributed by atoms with Gasteiger partial charge in [0.25, 0.3) is 5.69 Å². The minimum atomic E-state index is -0.409. The summed E-state index contributed by atoms with van der Waals surface area (Å²) in [7, 11) is 0. The standard InChI is InChI=1S/C9H10ClNO2/c1-7(10)6-8-2-4-9(5-3-8)11(12)13/h2-5,7H,6H2,1H3. The second kappa shape index (κ2) is 4.23. The Labute approximate surface area is 81.5 Å². The summed E-state index contributed by atoms with van der Waals surface area (Å²) in [6.45, 7) is 1.89. The van der Waals surface area contributed by atoms with Gasteiger partial charge in [-0.25, -0.2) is 0 Å². The van der Waals surface area contributed by atoms with Gasteiger partial charge in [-0.3, -0.25) is 10.1 Å². The average Bonchev–Trinajstić information content (AvgIpc) is 2.04. The van der Waals surface area contributed by atoms with Crippen molar-refractivity contribution in [2.75, 3.05) is 0 Å². The molecule has 13 heavy (non-hydrogen) atoms. The van der Waals surface area contributed by atoms with E-state index in [-0.39, 0.29) is 11.1 Å². The Morgan fingerprint density at radius 1 is 1.46 bits per heavy atom. The summed E-state index contributed by atoms with van der Waals surface area (Å²) < 4.78 is 0. The van der Waals surface area contributed by atoms with E-state index in [1.54, 1.807) is 12.1 Å². The van der Waals surface area contributed by atoms with Crippen molar-refractivity contribution in [3.63, 3.8) is 0 Å². The lowest BCUT2D eigenvalue weighted by atomic mass is 10.1. The highest BCUT2D eigenvalue weighted by Gasteiger charge is 2.04. The third kappa shape index (κ3) is 3.03. The van der Waals surface area contributed by atoms with Crippen LogP contribution in [0.25, 0.3) is 0 Å². The number of rotatable bonds is 3. The number of nitrogens with zero attached hydrogens (tertiary/aromatic N) is 1. The molecule has 1 aromatic carbocycles. The third-order valence-corrected chi connectivity index (χ3v) is 1.82. The van der Waals surface area contributed by atoms with Crippen LogP contribution in [0.3, 0.4) is 0 Å². The molecule has 3 nitrogen and oxygen atoms in total. The van der Waals surface area contributed by atoms with E-state index in [1.165, 1.54) is 12.1 Å². The first-order chi connectivity index (χ1) is 6.09. The summed E-state index contributed by atoms with van der Waals surface area (Å²) in [5.41, 5.74) is 1.14. The normalized spacial score (nSPS) is 12.5. The predicted octanol–water partition coefficient (Wildman–Crippen LogP) is 2.76. The summed E-state index contributed by atoms with van der Waals surface area (Å²) in [5, 5.41) is 10.4. The van der Waals surface area contributed by atoms with Crippen molar-refractivity contribution in [1.82, 2.24) is 0 Å². The molecule has 1 atom stereocenters. The molecule has 0 bridgehead atoms.